The zero-order valence-corrected chi connectivity index (χ0v) is 7.96. The molecular formula is C8H15NO4. The SMILES string of the molecule is C1COCCN1.CC(=O)OC(C)=O. The van der Waals surface area contributed by atoms with E-state index in [4.69, 9.17) is 4.74 Å². The summed E-state index contributed by atoms with van der Waals surface area (Å²) < 4.78 is 8.98. The van der Waals surface area contributed by atoms with E-state index in [9.17, 15) is 9.59 Å². The van der Waals surface area contributed by atoms with Crippen molar-refractivity contribution in [3.63, 3.8) is 0 Å². The fraction of sp³-hybridized carbons (Fsp3) is 0.750. The molecule has 0 saturated carbocycles. The molecule has 5 heteroatoms. The van der Waals surface area contributed by atoms with Gasteiger partial charge >= 0.3 is 11.9 Å². The number of carbonyl (C=O) groups excluding carboxylic acids is 2. The van der Waals surface area contributed by atoms with Crippen molar-refractivity contribution < 1.29 is 19.1 Å². The van der Waals surface area contributed by atoms with Crippen molar-refractivity contribution in [3.8, 4) is 0 Å². The van der Waals surface area contributed by atoms with Gasteiger partial charge in [0, 0.05) is 26.9 Å². The molecule has 0 spiro atoms. The molecule has 1 aliphatic heterocycles. The third kappa shape index (κ3) is 11.1. The van der Waals surface area contributed by atoms with Gasteiger partial charge in [0.2, 0.25) is 0 Å². The van der Waals surface area contributed by atoms with E-state index in [1.54, 1.807) is 0 Å². The van der Waals surface area contributed by atoms with E-state index in [0.717, 1.165) is 26.3 Å². The molecule has 0 unspecified atom stereocenters. The summed E-state index contributed by atoms with van der Waals surface area (Å²) in [4.78, 5) is 19.6. The molecule has 1 N–H and O–H groups in total. The standard InChI is InChI=1S/C4H9NO.C4H6O3/c1-3-6-4-2-5-1;1-3(5)7-4(2)6/h5H,1-4H2;1-2H3. The number of rotatable bonds is 0. The molecular weight excluding hydrogens is 174 g/mol. The Morgan fingerprint density at radius 3 is 1.69 bits per heavy atom. The van der Waals surface area contributed by atoms with Crippen molar-refractivity contribution >= 4 is 11.9 Å². The highest BCUT2D eigenvalue weighted by Crippen LogP contribution is 1.76. The molecule has 0 bridgehead atoms. The molecule has 1 saturated heterocycles. The summed E-state index contributed by atoms with van der Waals surface area (Å²) in [7, 11) is 0. The molecule has 5 nitrogen and oxygen atoms in total. The van der Waals surface area contributed by atoms with Crippen LogP contribution in [-0.2, 0) is 19.1 Å². The fourth-order valence-corrected chi connectivity index (χ4v) is 0.718. The molecule has 1 heterocycles. The summed E-state index contributed by atoms with van der Waals surface area (Å²) in [5.41, 5.74) is 0. The summed E-state index contributed by atoms with van der Waals surface area (Å²) in [5.74, 6) is -1.12. The topological polar surface area (TPSA) is 64.6 Å². The lowest BCUT2D eigenvalue weighted by Gasteiger charge is -2.10. The molecule has 1 rings (SSSR count). The van der Waals surface area contributed by atoms with E-state index in [1.807, 2.05) is 0 Å². The minimum atomic E-state index is -0.562. The van der Waals surface area contributed by atoms with Crippen LogP contribution in [0.5, 0.6) is 0 Å². The second-order valence-corrected chi connectivity index (χ2v) is 2.45. The van der Waals surface area contributed by atoms with Gasteiger partial charge in [-0.1, -0.05) is 0 Å². The molecule has 1 aliphatic rings. The first-order valence-electron chi connectivity index (χ1n) is 4.10. The Morgan fingerprint density at radius 1 is 1.15 bits per heavy atom. The largest absolute Gasteiger partial charge is 0.394 e. The van der Waals surface area contributed by atoms with Gasteiger partial charge in [-0.15, -0.1) is 0 Å². The van der Waals surface area contributed by atoms with Gasteiger partial charge in [0.15, 0.2) is 0 Å². The molecule has 1 fully saturated rings. The smallest absolute Gasteiger partial charge is 0.310 e. The lowest BCUT2D eigenvalue weighted by Crippen LogP contribution is -2.30. The van der Waals surface area contributed by atoms with Gasteiger partial charge in [-0.2, -0.15) is 0 Å². The van der Waals surface area contributed by atoms with Crippen LogP contribution < -0.4 is 5.32 Å². The third-order valence-electron chi connectivity index (χ3n) is 1.13. The van der Waals surface area contributed by atoms with Crippen LogP contribution in [-0.4, -0.2) is 38.2 Å². The van der Waals surface area contributed by atoms with E-state index in [0.29, 0.717) is 0 Å². The molecule has 0 aromatic carbocycles. The average molecular weight is 189 g/mol. The maximum Gasteiger partial charge on any atom is 0.310 e. The van der Waals surface area contributed by atoms with Gasteiger partial charge in [0.25, 0.3) is 0 Å². The van der Waals surface area contributed by atoms with Crippen LogP contribution in [0.1, 0.15) is 13.8 Å². The van der Waals surface area contributed by atoms with Gasteiger partial charge in [-0.3, -0.25) is 9.59 Å². The summed E-state index contributed by atoms with van der Waals surface area (Å²) in [6, 6.07) is 0. The van der Waals surface area contributed by atoms with Crippen molar-refractivity contribution in [2.75, 3.05) is 26.3 Å². The van der Waals surface area contributed by atoms with Crippen molar-refractivity contribution in [2.45, 2.75) is 13.8 Å². The second kappa shape index (κ2) is 7.70. The van der Waals surface area contributed by atoms with E-state index in [1.165, 1.54) is 13.8 Å². The fourth-order valence-electron chi connectivity index (χ4n) is 0.718. The quantitative estimate of drug-likeness (QED) is 0.419. The predicted octanol–water partition coefficient (Wildman–Crippen LogP) is -0.298. The first-order chi connectivity index (χ1) is 6.13. The summed E-state index contributed by atoms with van der Waals surface area (Å²) in [5, 5.41) is 3.16. The molecule has 0 aromatic rings. The van der Waals surface area contributed by atoms with E-state index in [2.05, 4.69) is 10.1 Å². The van der Waals surface area contributed by atoms with Gasteiger partial charge in [0.05, 0.1) is 13.2 Å². The zero-order chi connectivity index (χ0) is 10.1. The summed E-state index contributed by atoms with van der Waals surface area (Å²) >= 11 is 0. The highest BCUT2D eigenvalue weighted by Gasteiger charge is 1.93. The van der Waals surface area contributed by atoms with Crippen LogP contribution in [0, 0.1) is 0 Å². The van der Waals surface area contributed by atoms with Gasteiger partial charge < -0.3 is 14.8 Å². The molecule has 0 aliphatic carbocycles. The number of nitrogens with one attached hydrogen (secondary N) is 1. The molecule has 0 radical (unpaired) electrons. The lowest BCUT2D eigenvalue weighted by atomic mass is 10.5. The van der Waals surface area contributed by atoms with Crippen LogP contribution in [0.25, 0.3) is 0 Å². The minimum Gasteiger partial charge on any atom is -0.394 e. The highest BCUT2D eigenvalue weighted by molar-refractivity contribution is 5.82. The Morgan fingerprint density at radius 2 is 1.62 bits per heavy atom. The van der Waals surface area contributed by atoms with Crippen LogP contribution in [0.15, 0.2) is 0 Å². The number of hydrogen-bond acceptors (Lipinski definition) is 5. The van der Waals surface area contributed by atoms with Crippen LogP contribution in [0.2, 0.25) is 0 Å². The van der Waals surface area contributed by atoms with Crippen LogP contribution >= 0.6 is 0 Å². The minimum absolute atomic E-state index is 0.562. The molecule has 13 heavy (non-hydrogen) atoms. The Kier molecular flexibility index (Phi) is 7.14. The van der Waals surface area contributed by atoms with Crippen molar-refractivity contribution in [1.82, 2.24) is 5.32 Å². The molecule has 76 valence electrons. The van der Waals surface area contributed by atoms with Crippen molar-refractivity contribution in [3.05, 3.63) is 0 Å². The summed E-state index contributed by atoms with van der Waals surface area (Å²) in [6.45, 7) is 6.20. The predicted molar refractivity (Wildman–Crippen MR) is 46.1 cm³/mol. The molecule has 0 amide bonds. The first kappa shape index (κ1) is 12.1. The number of hydrogen-bond donors (Lipinski definition) is 1. The maximum absolute atomic E-state index is 9.81. The van der Waals surface area contributed by atoms with Crippen molar-refractivity contribution in [2.24, 2.45) is 0 Å². The third-order valence-corrected chi connectivity index (χ3v) is 1.13. The second-order valence-electron chi connectivity index (χ2n) is 2.45. The summed E-state index contributed by atoms with van der Waals surface area (Å²) in [6.07, 6.45) is 0. The van der Waals surface area contributed by atoms with Crippen molar-refractivity contribution in [1.29, 1.82) is 0 Å². The zero-order valence-electron chi connectivity index (χ0n) is 7.96. The monoisotopic (exact) mass is 189 g/mol. The highest BCUT2D eigenvalue weighted by atomic mass is 16.6. The molecule has 0 aromatic heterocycles. The van der Waals surface area contributed by atoms with E-state index in [-0.39, 0.29) is 0 Å². The Balaban J connectivity index is 0.000000223. The van der Waals surface area contributed by atoms with E-state index >= 15 is 0 Å². The van der Waals surface area contributed by atoms with Gasteiger partial charge in [0.1, 0.15) is 0 Å². The van der Waals surface area contributed by atoms with E-state index < -0.39 is 11.9 Å². The lowest BCUT2D eigenvalue weighted by molar-refractivity contribution is -0.156. The number of esters is 2. The van der Waals surface area contributed by atoms with Gasteiger partial charge in [-0.05, 0) is 0 Å². The number of carbonyl (C=O) groups is 2. The van der Waals surface area contributed by atoms with Crippen LogP contribution in [0.4, 0.5) is 0 Å². The van der Waals surface area contributed by atoms with Crippen LogP contribution in [0.3, 0.4) is 0 Å². The number of morpholine rings is 1. The Labute approximate surface area is 77.4 Å². The number of ether oxygens (including phenoxy) is 2. The normalized spacial score (nSPS) is 15.2. The average Bonchev–Trinajstić information content (AvgIpc) is 2.06. The maximum atomic E-state index is 9.81. The van der Waals surface area contributed by atoms with Gasteiger partial charge in [-0.25, -0.2) is 0 Å². The Hall–Kier alpha value is -0.940. The molecule has 0 atom stereocenters. The Bertz CT molecular complexity index is 142. The first-order valence-corrected chi connectivity index (χ1v) is 4.10.